The Labute approximate surface area is 129 Å². The van der Waals surface area contributed by atoms with Gasteiger partial charge in [0.25, 0.3) is 5.91 Å². The average molecular weight is 307 g/mol. The fourth-order valence-corrected chi connectivity index (χ4v) is 2.26. The molecule has 1 aliphatic carbocycles. The van der Waals surface area contributed by atoms with E-state index in [4.69, 9.17) is 14.6 Å². The number of ether oxygens (including phenoxy) is 2. The van der Waals surface area contributed by atoms with Gasteiger partial charge in [0.2, 0.25) is 0 Å². The lowest BCUT2D eigenvalue weighted by Gasteiger charge is -2.17. The number of carbonyl (C=O) groups excluding carboxylic acids is 1. The van der Waals surface area contributed by atoms with Gasteiger partial charge in [-0.2, -0.15) is 0 Å². The summed E-state index contributed by atoms with van der Waals surface area (Å²) in [6.45, 7) is 2.22. The Balaban J connectivity index is 1.85. The minimum Gasteiger partial charge on any atom is -0.490 e. The van der Waals surface area contributed by atoms with Crippen molar-refractivity contribution in [2.45, 2.75) is 32.2 Å². The van der Waals surface area contributed by atoms with Crippen molar-refractivity contribution >= 4 is 11.9 Å². The number of amides is 1. The molecule has 1 aromatic rings. The van der Waals surface area contributed by atoms with Crippen LogP contribution in [0, 0.1) is 5.92 Å². The van der Waals surface area contributed by atoms with Crippen molar-refractivity contribution in [2.24, 2.45) is 5.92 Å². The van der Waals surface area contributed by atoms with Gasteiger partial charge >= 0.3 is 5.97 Å². The summed E-state index contributed by atoms with van der Waals surface area (Å²) in [5.41, 5.74) is 0. The Hall–Kier alpha value is -2.24. The quantitative estimate of drug-likeness (QED) is 0.727. The van der Waals surface area contributed by atoms with Crippen molar-refractivity contribution in [3.05, 3.63) is 24.3 Å². The van der Waals surface area contributed by atoms with Crippen LogP contribution in [0.15, 0.2) is 24.3 Å². The SMILES string of the molecule is CCOc1ccccc1OCC(=O)N[C@@H](CC(=O)O)C1CC1. The minimum atomic E-state index is -0.903. The predicted molar refractivity (Wildman–Crippen MR) is 80.0 cm³/mol. The van der Waals surface area contributed by atoms with Crippen molar-refractivity contribution in [3.8, 4) is 11.5 Å². The fourth-order valence-electron chi connectivity index (χ4n) is 2.26. The van der Waals surface area contributed by atoms with Crippen molar-refractivity contribution in [2.75, 3.05) is 13.2 Å². The molecule has 6 heteroatoms. The van der Waals surface area contributed by atoms with E-state index in [2.05, 4.69) is 5.32 Å². The highest BCUT2D eigenvalue weighted by Crippen LogP contribution is 2.34. The van der Waals surface area contributed by atoms with E-state index in [1.807, 2.05) is 13.0 Å². The maximum Gasteiger partial charge on any atom is 0.305 e. The van der Waals surface area contributed by atoms with Gasteiger partial charge in [0.1, 0.15) is 0 Å². The largest absolute Gasteiger partial charge is 0.490 e. The topological polar surface area (TPSA) is 84.9 Å². The number of carboxylic acid groups (broad SMARTS) is 1. The first-order valence-electron chi connectivity index (χ1n) is 7.46. The zero-order valence-electron chi connectivity index (χ0n) is 12.6. The van der Waals surface area contributed by atoms with Crippen LogP contribution in [0.1, 0.15) is 26.2 Å². The highest BCUT2D eigenvalue weighted by Gasteiger charge is 2.33. The van der Waals surface area contributed by atoms with Gasteiger partial charge in [-0.3, -0.25) is 9.59 Å². The Morgan fingerprint density at radius 2 is 1.91 bits per heavy atom. The van der Waals surface area contributed by atoms with Crippen molar-refractivity contribution < 1.29 is 24.2 Å². The van der Waals surface area contributed by atoms with Gasteiger partial charge in [-0.1, -0.05) is 12.1 Å². The molecule has 1 amide bonds. The molecule has 6 nitrogen and oxygen atoms in total. The first-order valence-corrected chi connectivity index (χ1v) is 7.46. The highest BCUT2D eigenvalue weighted by molar-refractivity contribution is 5.79. The molecule has 0 bridgehead atoms. The summed E-state index contributed by atoms with van der Waals surface area (Å²) < 4.78 is 10.9. The molecular formula is C16H21NO5. The Morgan fingerprint density at radius 1 is 1.27 bits per heavy atom. The van der Waals surface area contributed by atoms with Crippen LogP contribution in [0.5, 0.6) is 11.5 Å². The standard InChI is InChI=1S/C16H21NO5/c1-2-21-13-5-3-4-6-14(13)22-10-15(18)17-12(9-16(19)20)11-7-8-11/h3-6,11-12H,2,7-10H2,1H3,(H,17,18)(H,19,20)/t12-/m0/s1. The molecule has 0 unspecified atom stereocenters. The minimum absolute atomic E-state index is 0.0497. The van der Waals surface area contributed by atoms with E-state index in [9.17, 15) is 9.59 Å². The zero-order chi connectivity index (χ0) is 15.9. The molecule has 0 spiro atoms. The van der Waals surface area contributed by atoms with Gasteiger partial charge in [-0.05, 0) is 37.8 Å². The van der Waals surface area contributed by atoms with Crippen LogP contribution in [0.2, 0.25) is 0 Å². The van der Waals surface area contributed by atoms with Crippen LogP contribution in [0.25, 0.3) is 0 Å². The number of hydrogen-bond donors (Lipinski definition) is 2. The van der Waals surface area contributed by atoms with Gasteiger partial charge in [0.05, 0.1) is 13.0 Å². The molecule has 0 heterocycles. The summed E-state index contributed by atoms with van der Waals surface area (Å²) in [5.74, 6) is 0.141. The molecule has 0 radical (unpaired) electrons. The van der Waals surface area contributed by atoms with Gasteiger partial charge in [0.15, 0.2) is 18.1 Å². The summed E-state index contributed by atoms with van der Waals surface area (Å²) in [6.07, 6.45) is 1.88. The number of aliphatic carboxylic acids is 1. The molecule has 2 rings (SSSR count). The molecule has 120 valence electrons. The molecule has 22 heavy (non-hydrogen) atoms. The lowest BCUT2D eigenvalue weighted by Crippen LogP contribution is -2.40. The van der Waals surface area contributed by atoms with E-state index in [-0.39, 0.29) is 30.9 Å². The molecule has 2 N–H and O–H groups in total. The summed E-state index contributed by atoms with van der Waals surface area (Å²) in [7, 11) is 0. The third kappa shape index (κ3) is 4.95. The fraction of sp³-hybridized carbons (Fsp3) is 0.500. The van der Waals surface area contributed by atoms with Crippen LogP contribution in [0.4, 0.5) is 0 Å². The lowest BCUT2D eigenvalue weighted by atomic mass is 10.1. The van der Waals surface area contributed by atoms with E-state index in [0.717, 1.165) is 12.8 Å². The van der Waals surface area contributed by atoms with E-state index in [1.165, 1.54) is 0 Å². The average Bonchev–Trinajstić information content (AvgIpc) is 3.30. The van der Waals surface area contributed by atoms with Crippen LogP contribution < -0.4 is 14.8 Å². The van der Waals surface area contributed by atoms with Crippen LogP contribution in [0.3, 0.4) is 0 Å². The molecule has 0 aromatic heterocycles. The number of nitrogens with one attached hydrogen (secondary N) is 1. The third-order valence-electron chi connectivity index (χ3n) is 3.44. The van der Waals surface area contributed by atoms with Crippen molar-refractivity contribution in [3.63, 3.8) is 0 Å². The van der Waals surface area contributed by atoms with Crippen LogP contribution in [-0.2, 0) is 9.59 Å². The third-order valence-corrected chi connectivity index (χ3v) is 3.44. The molecule has 1 aromatic carbocycles. The summed E-state index contributed by atoms with van der Waals surface area (Å²) in [5, 5.41) is 11.6. The normalized spacial score (nSPS) is 15.0. The predicted octanol–water partition coefficient (Wildman–Crippen LogP) is 1.83. The lowest BCUT2D eigenvalue weighted by molar-refractivity contribution is -0.138. The highest BCUT2D eigenvalue weighted by atomic mass is 16.5. The van der Waals surface area contributed by atoms with E-state index < -0.39 is 5.97 Å². The monoisotopic (exact) mass is 307 g/mol. The van der Waals surface area contributed by atoms with Gasteiger partial charge in [-0.25, -0.2) is 0 Å². The smallest absolute Gasteiger partial charge is 0.305 e. The first kappa shape index (κ1) is 16.1. The van der Waals surface area contributed by atoms with Crippen molar-refractivity contribution in [1.29, 1.82) is 0 Å². The van der Waals surface area contributed by atoms with E-state index in [0.29, 0.717) is 18.1 Å². The van der Waals surface area contributed by atoms with E-state index >= 15 is 0 Å². The van der Waals surface area contributed by atoms with Crippen LogP contribution >= 0.6 is 0 Å². The van der Waals surface area contributed by atoms with Crippen molar-refractivity contribution in [1.82, 2.24) is 5.32 Å². The van der Waals surface area contributed by atoms with E-state index in [1.54, 1.807) is 18.2 Å². The number of rotatable bonds is 9. The number of carbonyl (C=O) groups is 2. The molecule has 0 aliphatic heterocycles. The maximum atomic E-state index is 11.9. The molecule has 1 aliphatic rings. The first-order chi connectivity index (χ1) is 10.6. The molecule has 1 saturated carbocycles. The van der Waals surface area contributed by atoms with Gasteiger partial charge in [0, 0.05) is 6.04 Å². The Bertz CT molecular complexity index is 527. The molecule has 0 saturated heterocycles. The van der Waals surface area contributed by atoms with Crippen LogP contribution in [-0.4, -0.2) is 36.2 Å². The summed E-state index contributed by atoms with van der Waals surface area (Å²) >= 11 is 0. The Kier molecular flexibility index (Phi) is 5.63. The second-order valence-corrected chi connectivity index (χ2v) is 5.28. The van der Waals surface area contributed by atoms with Gasteiger partial charge in [-0.15, -0.1) is 0 Å². The zero-order valence-corrected chi connectivity index (χ0v) is 12.6. The number of para-hydroxylation sites is 2. The number of carboxylic acids is 1. The molecule has 1 fully saturated rings. The number of hydrogen-bond acceptors (Lipinski definition) is 4. The Morgan fingerprint density at radius 3 is 2.45 bits per heavy atom. The molecule has 1 atom stereocenters. The summed E-state index contributed by atoms with van der Waals surface area (Å²) in [6, 6.07) is 6.82. The second-order valence-electron chi connectivity index (χ2n) is 5.28. The maximum absolute atomic E-state index is 11.9. The number of benzene rings is 1. The second kappa shape index (κ2) is 7.68. The summed E-state index contributed by atoms with van der Waals surface area (Å²) in [4.78, 5) is 22.8. The molecular weight excluding hydrogens is 286 g/mol. The van der Waals surface area contributed by atoms with Gasteiger partial charge < -0.3 is 19.9 Å².